The molecule has 5 aromatic carbocycles. The van der Waals surface area contributed by atoms with E-state index < -0.39 is 7.12 Å². The van der Waals surface area contributed by atoms with Crippen molar-refractivity contribution in [2.45, 2.75) is 18.3 Å². The second kappa shape index (κ2) is 10.1. The molecule has 0 saturated carbocycles. The van der Waals surface area contributed by atoms with E-state index in [0.717, 1.165) is 24.0 Å². The minimum absolute atomic E-state index is 0.289. The molecule has 0 bridgehead atoms. The van der Waals surface area contributed by atoms with Crippen molar-refractivity contribution in [3.63, 3.8) is 0 Å². The Bertz CT molecular complexity index is 2030. The van der Waals surface area contributed by atoms with Gasteiger partial charge in [-0.05, 0) is 115 Å². The first kappa shape index (κ1) is 25.7. The van der Waals surface area contributed by atoms with Crippen LogP contribution < -0.4 is 5.46 Å². The van der Waals surface area contributed by atoms with Gasteiger partial charge in [-0.15, -0.1) is 22.7 Å². The number of hydrogen-bond donors (Lipinski definition) is 2. The lowest BCUT2D eigenvalue weighted by molar-refractivity contribution is 0.426. The Labute approximate surface area is 253 Å². The summed E-state index contributed by atoms with van der Waals surface area (Å²) in [6.45, 7) is 0. The summed E-state index contributed by atoms with van der Waals surface area (Å²) in [5.74, 6) is 0. The monoisotopic (exact) mass is 578 g/mol. The zero-order valence-electron chi connectivity index (χ0n) is 22.8. The van der Waals surface area contributed by atoms with Crippen molar-refractivity contribution in [3.8, 4) is 22.3 Å². The second-order valence-corrected chi connectivity index (χ2v) is 13.1. The van der Waals surface area contributed by atoms with Crippen LogP contribution in [0.25, 0.3) is 42.4 Å². The van der Waals surface area contributed by atoms with E-state index in [9.17, 15) is 10.0 Å². The minimum Gasteiger partial charge on any atom is -0.423 e. The van der Waals surface area contributed by atoms with Gasteiger partial charge in [-0.3, -0.25) is 0 Å². The highest BCUT2D eigenvalue weighted by Crippen LogP contribution is 2.54. The normalized spacial score (nSPS) is 13.4. The molecule has 0 radical (unpaired) electrons. The topological polar surface area (TPSA) is 40.5 Å². The lowest BCUT2D eigenvalue weighted by atomic mass is 9.68. The molecule has 7 aromatic rings. The Morgan fingerprint density at radius 1 is 0.548 bits per heavy atom. The van der Waals surface area contributed by atoms with Gasteiger partial charge in [-0.25, -0.2) is 0 Å². The van der Waals surface area contributed by atoms with Gasteiger partial charge in [0.15, 0.2) is 0 Å². The molecule has 0 unspecified atom stereocenters. The van der Waals surface area contributed by atoms with Crippen molar-refractivity contribution < 1.29 is 10.0 Å². The van der Waals surface area contributed by atoms with E-state index in [1.54, 1.807) is 28.7 Å². The van der Waals surface area contributed by atoms with Crippen LogP contribution in [0.1, 0.15) is 22.3 Å². The predicted molar refractivity (Wildman–Crippen MR) is 179 cm³/mol. The van der Waals surface area contributed by atoms with Gasteiger partial charge >= 0.3 is 7.12 Å². The fourth-order valence-corrected chi connectivity index (χ4v) is 8.70. The molecule has 8 rings (SSSR count). The van der Waals surface area contributed by atoms with Crippen LogP contribution in [0.4, 0.5) is 0 Å². The van der Waals surface area contributed by atoms with E-state index >= 15 is 0 Å². The summed E-state index contributed by atoms with van der Waals surface area (Å²) in [7, 11) is -1.50. The van der Waals surface area contributed by atoms with Crippen molar-refractivity contribution >= 4 is 55.4 Å². The van der Waals surface area contributed by atoms with Crippen LogP contribution in [0.2, 0.25) is 0 Å². The molecule has 0 saturated heterocycles. The lowest BCUT2D eigenvalue weighted by Crippen LogP contribution is -2.31. The summed E-state index contributed by atoms with van der Waals surface area (Å²) < 4.78 is 2.64. The molecule has 5 heteroatoms. The number of benzene rings is 5. The van der Waals surface area contributed by atoms with Gasteiger partial charge in [0.2, 0.25) is 0 Å². The first-order valence-corrected chi connectivity index (χ1v) is 16.0. The third-order valence-corrected chi connectivity index (χ3v) is 10.7. The highest BCUT2D eigenvalue weighted by atomic mass is 32.1. The van der Waals surface area contributed by atoms with Crippen LogP contribution in [0.5, 0.6) is 0 Å². The SMILES string of the molecule is OB(O)c1cccc(-c2ccc3c(c2)C(Cc2cccc4sccc24)(Cc2cccc4sccc24)c2ccccc2-3)c1. The number of fused-ring (bicyclic) bond motifs is 5. The molecule has 1 aliphatic rings. The molecule has 0 aliphatic heterocycles. The minimum atomic E-state index is -1.50. The maximum atomic E-state index is 9.87. The molecule has 0 amide bonds. The maximum absolute atomic E-state index is 9.87. The summed E-state index contributed by atoms with van der Waals surface area (Å²) in [5, 5.41) is 26.8. The molecular formula is C37H27BO2S2. The first-order valence-electron chi connectivity index (χ1n) is 14.2. The third kappa shape index (κ3) is 4.08. The molecule has 2 nitrogen and oxygen atoms in total. The lowest BCUT2D eigenvalue weighted by Gasteiger charge is -2.34. The van der Waals surface area contributed by atoms with Crippen LogP contribution in [0.3, 0.4) is 0 Å². The Morgan fingerprint density at radius 3 is 1.86 bits per heavy atom. The van der Waals surface area contributed by atoms with Crippen molar-refractivity contribution in [1.29, 1.82) is 0 Å². The van der Waals surface area contributed by atoms with E-state index in [2.05, 4.69) is 108 Å². The third-order valence-electron chi connectivity index (χ3n) is 8.94. The van der Waals surface area contributed by atoms with E-state index in [4.69, 9.17) is 0 Å². The van der Waals surface area contributed by atoms with E-state index in [1.807, 2.05) is 12.1 Å². The summed E-state index contributed by atoms with van der Waals surface area (Å²) in [4.78, 5) is 0. The Kier molecular flexibility index (Phi) is 6.16. The summed E-state index contributed by atoms with van der Waals surface area (Å²) in [6, 6.07) is 41.3. The number of thiophene rings is 2. The molecule has 2 N–H and O–H groups in total. The summed E-state index contributed by atoms with van der Waals surface area (Å²) in [6.07, 6.45) is 1.76. The van der Waals surface area contributed by atoms with Gasteiger partial charge in [-0.2, -0.15) is 0 Å². The molecule has 0 fully saturated rings. The highest BCUT2D eigenvalue weighted by molar-refractivity contribution is 7.17. The molecule has 0 spiro atoms. The van der Waals surface area contributed by atoms with Gasteiger partial charge in [0.05, 0.1) is 0 Å². The average molecular weight is 579 g/mol. The molecule has 202 valence electrons. The molecule has 2 aromatic heterocycles. The van der Waals surface area contributed by atoms with E-state index in [1.165, 1.54) is 53.6 Å². The molecule has 42 heavy (non-hydrogen) atoms. The Hall–Kier alpha value is -4.00. The van der Waals surface area contributed by atoms with E-state index in [0.29, 0.717) is 5.46 Å². The van der Waals surface area contributed by atoms with Gasteiger partial charge in [-0.1, -0.05) is 84.9 Å². The highest BCUT2D eigenvalue weighted by Gasteiger charge is 2.44. The standard InChI is InChI=1S/C37H27BO2S2/c39-38(40)28-9-3-6-24(20-28)25-14-15-32-31-10-1-2-11-33(31)37(34(32)21-25,22-26-7-4-12-35-29(26)16-18-41-35)23-27-8-5-13-36-30(27)17-19-42-36/h1-21,39-40H,22-23H2. The molecule has 2 heterocycles. The van der Waals surface area contributed by atoms with Gasteiger partial charge < -0.3 is 10.0 Å². The average Bonchev–Trinajstić information content (AvgIpc) is 3.76. The molecular weight excluding hydrogens is 551 g/mol. The van der Waals surface area contributed by atoms with Gasteiger partial charge in [0, 0.05) is 14.8 Å². The van der Waals surface area contributed by atoms with Crippen LogP contribution in [-0.4, -0.2) is 17.2 Å². The Morgan fingerprint density at radius 2 is 1.17 bits per heavy atom. The van der Waals surface area contributed by atoms with Crippen molar-refractivity contribution in [3.05, 3.63) is 148 Å². The summed E-state index contributed by atoms with van der Waals surface area (Å²) in [5.41, 5.74) is 10.3. The second-order valence-electron chi connectivity index (χ2n) is 11.2. The number of hydrogen-bond acceptors (Lipinski definition) is 4. The van der Waals surface area contributed by atoms with Gasteiger partial charge in [0.1, 0.15) is 0 Å². The fraction of sp³-hybridized carbons (Fsp3) is 0.0811. The summed E-state index contributed by atoms with van der Waals surface area (Å²) >= 11 is 3.60. The fourth-order valence-electron chi connectivity index (χ4n) is 7.03. The Balaban J connectivity index is 1.39. The molecule has 0 atom stereocenters. The maximum Gasteiger partial charge on any atom is 0.488 e. The van der Waals surface area contributed by atoms with Crippen molar-refractivity contribution in [1.82, 2.24) is 0 Å². The van der Waals surface area contributed by atoms with Gasteiger partial charge in [0.25, 0.3) is 0 Å². The zero-order valence-corrected chi connectivity index (χ0v) is 24.5. The molecule has 1 aliphatic carbocycles. The zero-order chi connectivity index (χ0) is 28.3. The van der Waals surface area contributed by atoms with Crippen LogP contribution in [0, 0.1) is 0 Å². The van der Waals surface area contributed by atoms with Crippen molar-refractivity contribution in [2.24, 2.45) is 0 Å². The first-order chi connectivity index (χ1) is 20.6. The quantitative estimate of drug-likeness (QED) is 0.195. The van der Waals surface area contributed by atoms with Crippen LogP contribution in [0.15, 0.2) is 126 Å². The van der Waals surface area contributed by atoms with E-state index in [-0.39, 0.29) is 5.41 Å². The van der Waals surface area contributed by atoms with Crippen LogP contribution in [-0.2, 0) is 18.3 Å². The van der Waals surface area contributed by atoms with Crippen LogP contribution >= 0.6 is 22.7 Å². The smallest absolute Gasteiger partial charge is 0.423 e. The van der Waals surface area contributed by atoms with Crippen molar-refractivity contribution in [2.75, 3.05) is 0 Å². The predicted octanol–water partition coefficient (Wildman–Crippen LogP) is 8.21. The largest absolute Gasteiger partial charge is 0.488 e. The number of rotatable bonds is 6.